The van der Waals surface area contributed by atoms with Crippen molar-refractivity contribution in [1.82, 2.24) is 0 Å². The second-order valence-electron chi connectivity index (χ2n) is 2.93. The lowest BCUT2D eigenvalue weighted by Gasteiger charge is -2.09. The Morgan fingerprint density at radius 1 is 1.40 bits per heavy atom. The maximum absolute atomic E-state index is 5.70. The fourth-order valence-corrected chi connectivity index (χ4v) is 1.47. The summed E-state index contributed by atoms with van der Waals surface area (Å²) in [5, 5.41) is 0. The molecule has 0 saturated carbocycles. The van der Waals surface area contributed by atoms with Crippen LogP contribution in [0.4, 0.5) is 0 Å². The summed E-state index contributed by atoms with van der Waals surface area (Å²) in [6.07, 6.45) is 5.37. The Morgan fingerprint density at radius 2 is 2.20 bits per heavy atom. The van der Waals surface area contributed by atoms with E-state index in [-0.39, 0.29) is 0 Å². The standard InChI is InChI=1S/C8H16BO/c1-3-7-5-6-8(10-7)9-4-2/h7-8H,3-6H2,1-2H3. The van der Waals surface area contributed by atoms with Crippen molar-refractivity contribution in [3.8, 4) is 0 Å². The number of hydrogen-bond donors (Lipinski definition) is 0. The van der Waals surface area contributed by atoms with E-state index in [9.17, 15) is 0 Å². The van der Waals surface area contributed by atoms with Crippen molar-refractivity contribution >= 4 is 7.28 Å². The molecular formula is C8H16BO. The van der Waals surface area contributed by atoms with Crippen LogP contribution in [0.2, 0.25) is 6.32 Å². The van der Waals surface area contributed by atoms with E-state index < -0.39 is 0 Å². The zero-order chi connectivity index (χ0) is 7.40. The molecule has 1 aliphatic rings. The van der Waals surface area contributed by atoms with Crippen molar-refractivity contribution in [2.75, 3.05) is 0 Å². The van der Waals surface area contributed by atoms with E-state index in [1.54, 1.807) is 0 Å². The SMILES string of the molecule is CC[B]C1CCC(CC)O1. The highest BCUT2D eigenvalue weighted by atomic mass is 16.5. The summed E-state index contributed by atoms with van der Waals surface area (Å²) in [4.78, 5) is 0. The summed E-state index contributed by atoms with van der Waals surface area (Å²) in [5.74, 6) is 0. The van der Waals surface area contributed by atoms with Crippen molar-refractivity contribution in [2.24, 2.45) is 0 Å². The van der Waals surface area contributed by atoms with Crippen molar-refractivity contribution in [3.05, 3.63) is 0 Å². The molecule has 0 bridgehead atoms. The number of ether oxygens (including phenoxy) is 1. The van der Waals surface area contributed by atoms with E-state index in [1.807, 2.05) is 0 Å². The molecule has 1 fully saturated rings. The van der Waals surface area contributed by atoms with E-state index in [1.165, 1.54) is 19.3 Å². The van der Waals surface area contributed by atoms with Gasteiger partial charge in [-0.2, -0.15) is 0 Å². The molecular weight excluding hydrogens is 123 g/mol. The molecule has 1 aliphatic heterocycles. The first-order valence-electron chi connectivity index (χ1n) is 4.35. The Labute approximate surface area is 64.4 Å². The van der Waals surface area contributed by atoms with Gasteiger partial charge >= 0.3 is 0 Å². The highest BCUT2D eigenvalue weighted by Crippen LogP contribution is 2.21. The largest absolute Gasteiger partial charge is 0.384 e. The summed E-state index contributed by atoms with van der Waals surface area (Å²) in [7, 11) is 2.27. The highest BCUT2D eigenvalue weighted by molar-refractivity contribution is 6.37. The van der Waals surface area contributed by atoms with E-state index >= 15 is 0 Å². The zero-order valence-corrected chi connectivity index (χ0v) is 6.97. The molecule has 57 valence electrons. The maximum Gasteiger partial charge on any atom is 0.149 e. The quantitative estimate of drug-likeness (QED) is 0.543. The molecule has 0 spiro atoms. The monoisotopic (exact) mass is 139 g/mol. The lowest BCUT2D eigenvalue weighted by atomic mass is 9.68. The molecule has 0 aromatic rings. The van der Waals surface area contributed by atoms with Crippen LogP contribution < -0.4 is 0 Å². The minimum atomic E-state index is 0.468. The average Bonchev–Trinajstić information content (AvgIpc) is 2.37. The molecule has 0 amide bonds. The van der Waals surface area contributed by atoms with Gasteiger partial charge in [0.2, 0.25) is 0 Å². The molecule has 1 heterocycles. The topological polar surface area (TPSA) is 9.23 Å². The molecule has 1 rings (SSSR count). The molecule has 2 unspecified atom stereocenters. The van der Waals surface area contributed by atoms with Crippen LogP contribution >= 0.6 is 0 Å². The smallest absolute Gasteiger partial charge is 0.149 e. The number of hydrogen-bond acceptors (Lipinski definition) is 1. The van der Waals surface area contributed by atoms with Crippen LogP contribution in [0.15, 0.2) is 0 Å². The van der Waals surface area contributed by atoms with Crippen LogP contribution in [-0.4, -0.2) is 19.4 Å². The summed E-state index contributed by atoms with van der Waals surface area (Å²) in [6.45, 7) is 4.36. The fraction of sp³-hybridized carbons (Fsp3) is 1.00. The molecule has 2 atom stereocenters. The minimum absolute atomic E-state index is 0.468. The highest BCUT2D eigenvalue weighted by Gasteiger charge is 2.22. The van der Waals surface area contributed by atoms with Gasteiger partial charge in [-0.15, -0.1) is 0 Å². The normalized spacial score (nSPS) is 32.6. The third-order valence-electron chi connectivity index (χ3n) is 2.09. The predicted octanol–water partition coefficient (Wildman–Crippen LogP) is 2.04. The first-order chi connectivity index (χ1) is 4.86. The summed E-state index contributed by atoms with van der Waals surface area (Å²) in [6, 6.07) is 0.468. The second kappa shape index (κ2) is 4.02. The van der Waals surface area contributed by atoms with Crippen LogP contribution in [0.3, 0.4) is 0 Å². The van der Waals surface area contributed by atoms with Gasteiger partial charge in [0.25, 0.3) is 0 Å². The van der Waals surface area contributed by atoms with Gasteiger partial charge in [-0.05, 0) is 19.3 Å². The Balaban J connectivity index is 2.15. The van der Waals surface area contributed by atoms with Gasteiger partial charge in [0.15, 0.2) is 0 Å². The lowest BCUT2D eigenvalue weighted by Crippen LogP contribution is -2.16. The van der Waals surface area contributed by atoms with Gasteiger partial charge in [-0.3, -0.25) is 0 Å². The Hall–Kier alpha value is 0.0249. The fourth-order valence-electron chi connectivity index (χ4n) is 1.47. The molecule has 0 N–H and O–H groups in total. The predicted molar refractivity (Wildman–Crippen MR) is 44.4 cm³/mol. The van der Waals surface area contributed by atoms with Crippen LogP contribution in [0.5, 0.6) is 0 Å². The molecule has 1 nitrogen and oxygen atoms in total. The first kappa shape index (κ1) is 8.12. The van der Waals surface area contributed by atoms with E-state index in [0.717, 1.165) is 6.32 Å². The van der Waals surface area contributed by atoms with E-state index in [4.69, 9.17) is 4.74 Å². The van der Waals surface area contributed by atoms with Gasteiger partial charge in [0.05, 0.1) is 6.10 Å². The van der Waals surface area contributed by atoms with Crippen molar-refractivity contribution in [2.45, 2.75) is 51.5 Å². The Bertz CT molecular complexity index is 95.3. The van der Waals surface area contributed by atoms with E-state index in [0.29, 0.717) is 12.1 Å². The van der Waals surface area contributed by atoms with Gasteiger partial charge in [-0.1, -0.05) is 20.2 Å². The van der Waals surface area contributed by atoms with Crippen LogP contribution in [0.25, 0.3) is 0 Å². The second-order valence-corrected chi connectivity index (χ2v) is 2.93. The van der Waals surface area contributed by atoms with Crippen LogP contribution in [0.1, 0.15) is 33.1 Å². The van der Waals surface area contributed by atoms with Crippen molar-refractivity contribution in [3.63, 3.8) is 0 Å². The summed E-state index contributed by atoms with van der Waals surface area (Å²) in [5.41, 5.74) is 0. The molecule has 1 saturated heterocycles. The zero-order valence-electron chi connectivity index (χ0n) is 6.97. The summed E-state index contributed by atoms with van der Waals surface area (Å²) >= 11 is 0. The maximum atomic E-state index is 5.70. The molecule has 0 aromatic carbocycles. The van der Waals surface area contributed by atoms with Crippen molar-refractivity contribution in [1.29, 1.82) is 0 Å². The van der Waals surface area contributed by atoms with Gasteiger partial charge in [-0.25, -0.2) is 0 Å². The Morgan fingerprint density at radius 3 is 2.70 bits per heavy atom. The molecule has 2 heteroatoms. The van der Waals surface area contributed by atoms with Crippen LogP contribution in [-0.2, 0) is 4.74 Å². The average molecular weight is 139 g/mol. The summed E-state index contributed by atoms with van der Waals surface area (Å²) < 4.78 is 5.70. The van der Waals surface area contributed by atoms with Gasteiger partial charge in [0.1, 0.15) is 7.28 Å². The molecule has 0 aliphatic carbocycles. The van der Waals surface area contributed by atoms with Crippen molar-refractivity contribution < 1.29 is 4.74 Å². The van der Waals surface area contributed by atoms with Crippen LogP contribution in [0, 0.1) is 0 Å². The first-order valence-corrected chi connectivity index (χ1v) is 4.35. The third-order valence-corrected chi connectivity index (χ3v) is 2.09. The number of rotatable bonds is 3. The molecule has 0 aromatic heterocycles. The minimum Gasteiger partial charge on any atom is -0.384 e. The Kier molecular flexibility index (Phi) is 3.27. The van der Waals surface area contributed by atoms with Gasteiger partial charge in [0, 0.05) is 6.00 Å². The van der Waals surface area contributed by atoms with E-state index in [2.05, 4.69) is 21.1 Å². The molecule has 10 heavy (non-hydrogen) atoms. The lowest BCUT2D eigenvalue weighted by molar-refractivity contribution is 0.0838. The third kappa shape index (κ3) is 2.01. The van der Waals surface area contributed by atoms with Gasteiger partial charge < -0.3 is 4.74 Å². The molecule has 1 radical (unpaired) electrons.